The number of ether oxygens (including phenoxy) is 1. The highest BCUT2D eigenvalue weighted by Gasteiger charge is 2.25. The number of hydrogen-bond acceptors (Lipinski definition) is 5. The molecule has 0 bridgehead atoms. The van der Waals surface area contributed by atoms with Gasteiger partial charge < -0.3 is 10.1 Å². The van der Waals surface area contributed by atoms with E-state index in [1.54, 1.807) is 16.6 Å². The lowest BCUT2D eigenvalue weighted by molar-refractivity contribution is -0.146. The van der Waals surface area contributed by atoms with Crippen LogP contribution in [0.25, 0.3) is 16.9 Å². The molecule has 1 atom stereocenters. The molecule has 3 aromatic rings. The zero-order valence-electron chi connectivity index (χ0n) is 18.4. The third-order valence-corrected chi connectivity index (χ3v) is 5.32. The molecule has 3 rings (SSSR count). The Morgan fingerprint density at radius 2 is 1.97 bits per heavy atom. The molecular formula is C23H27FN4O3. The number of aryl methyl sites for hydroxylation is 2. The lowest BCUT2D eigenvalue weighted by atomic mass is 10.0. The average Bonchev–Trinajstić information content (AvgIpc) is 3.15. The Morgan fingerprint density at radius 1 is 1.23 bits per heavy atom. The molecule has 1 amide bonds. The van der Waals surface area contributed by atoms with Crippen molar-refractivity contribution in [3.63, 3.8) is 0 Å². The van der Waals surface area contributed by atoms with Gasteiger partial charge in [-0.1, -0.05) is 26.0 Å². The SMILES string of the molecule is COC(=O)[C@@H](NC(=O)CCc1c(C)nc2cc(-c3cccc(F)c3)nn2c1C)C(C)C. The number of methoxy groups -OCH3 is 1. The Labute approximate surface area is 180 Å². The first kappa shape index (κ1) is 22.4. The fraction of sp³-hybridized carbons (Fsp3) is 0.391. The van der Waals surface area contributed by atoms with Crippen LogP contribution in [0.2, 0.25) is 0 Å². The minimum Gasteiger partial charge on any atom is -0.467 e. The molecule has 0 aliphatic rings. The van der Waals surface area contributed by atoms with Crippen molar-refractivity contribution in [2.75, 3.05) is 7.11 Å². The van der Waals surface area contributed by atoms with Gasteiger partial charge in [0.05, 0.1) is 12.8 Å². The van der Waals surface area contributed by atoms with Crippen molar-refractivity contribution in [3.05, 3.63) is 53.1 Å². The van der Waals surface area contributed by atoms with Crippen molar-refractivity contribution in [2.24, 2.45) is 5.92 Å². The summed E-state index contributed by atoms with van der Waals surface area (Å²) in [5.41, 5.74) is 4.54. The van der Waals surface area contributed by atoms with Gasteiger partial charge in [-0.2, -0.15) is 5.10 Å². The molecule has 2 heterocycles. The van der Waals surface area contributed by atoms with Crippen LogP contribution >= 0.6 is 0 Å². The van der Waals surface area contributed by atoms with Gasteiger partial charge in [-0.15, -0.1) is 0 Å². The van der Waals surface area contributed by atoms with Crippen LogP contribution in [-0.4, -0.2) is 39.6 Å². The summed E-state index contributed by atoms with van der Waals surface area (Å²) in [6.07, 6.45) is 0.653. The smallest absolute Gasteiger partial charge is 0.328 e. The highest BCUT2D eigenvalue weighted by Crippen LogP contribution is 2.23. The van der Waals surface area contributed by atoms with Crippen molar-refractivity contribution >= 4 is 17.5 Å². The maximum atomic E-state index is 13.6. The van der Waals surface area contributed by atoms with Crippen molar-refractivity contribution in [1.29, 1.82) is 0 Å². The number of hydrogen-bond donors (Lipinski definition) is 1. The maximum absolute atomic E-state index is 13.6. The van der Waals surface area contributed by atoms with Gasteiger partial charge in [0, 0.05) is 29.4 Å². The van der Waals surface area contributed by atoms with E-state index in [4.69, 9.17) is 4.74 Å². The monoisotopic (exact) mass is 426 g/mol. The summed E-state index contributed by atoms with van der Waals surface area (Å²) in [6, 6.07) is 7.39. The average molecular weight is 426 g/mol. The van der Waals surface area contributed by atoms with Gasteiger partial charge in [-0.3, -0.25) is 4.79 Å². The Kier molecular flexibility index (Phi) is 6.68. The Balaban J connectivity index is 1.81. The fourth-order valence-electron chi connectivity index (χ4n) is 3.59. The molecule has 0 saturated heterocycles. The standard InChI is InChI=1S/C23H27FN4O3/c1-13(2)22(23(30)31-5)26-21(29)10-9-18-14(3)25-20-12-19(27-28(20)15(18)4)16-7-6-8-17(24)11-16/h6-8,11-13,22H,9-10H2,1-5H3,(H,26,29)/t22-/m0/s1. The number of aromatic nitrogens is 3. The first-order chi connectivity index (χ1) is 14.7. The number of rotatable bonds is 7. The molecule has 0 fully saturated rings. The molecule has 0 unspecified atom stereocenters. The van der Waals surface area contributed by atoms with Crippen LogP contribution in [0.1, 0.15) is 37.2 Å². The van der Waals surface area contributed by atoms with Crippen molar-refractivity contribution in [3.8, 4) is 11.3 Å². The summed E-state index contributed by atoms with van der Waals surface area (Å²) in [6.45, 7) is 7.51. The number of benzene rings is 1. The number of amides is 1. The fourth-order valence-corrected chi connectivity index (χ4v) is 3.59. The van der Waals surface area contributed by atoms with Gasteiger partial charge in [-0.05, 0) is 43.9 Å². The zero-order chi connectivity index (χ0) is 22.7. The van der Waals surface area contributed by atoms with Gasteiger partial charge in [0.25, 0.3) is 0 Å². The summed E-state index contributed by atoms with van der Waals surface area (Å²) in [7, 11) is 1.31. The van der Waals surface area contributed by atoms with Crippen LogP contribution in [0.4, 0.5) is 4.39 Å². The molecule has 0 saturated carbocycles. The van der Waals surface area contributed by atoms with E-state index >= 15 is 0 Å². The first-order valence-electron chi connectivity index (χ1n) is 10.2. The lowest BCUT2D eigenvalue weighted by Gasteiger charge is -2.20. The number of nitrogens with zero attached hydrogens (tertiary/aromatic N) is 3. The van der Waals surface area contributed by atoms with Crippen molar-refractivity contribution in [2.45, 2.75) is 46.6 Å². The number of carbonyl (C=O) groups excluding carboxylic acids is 2. The van der Waals surface area contributed by atoms with Crippen LogP contribution in [-0.2, 0) is 20.7 Å². The number of esters is 1. The van der Waals surface area contributed by atoms with Crippen LogP contribution in [0.3, 0.4) is 0 Å². The van der Waals surface area contributed by atoms with Crippen LogP contribution in [0.5, 0.6) is 0 Å². The normalized spacial score (nSPS) is 12.2. The summed E-state index contributed by atoms with van der Waals surface area (Å²) in [5, 5.41) is 7.34. The van der Waals surface area contributed by atoms with Crippen molar-refractivity contribution in [1.82, 2.24) is 19.9 Å². The molecular weight excluding hydrogens is 399 g/mol. The summed E-state index contributed by atoms with van der Waals surface area (Å²) in [4.78, 5) is 29.0. The van der Waals surface area contributed by atoms with Gasteiger partial charge >= 0.3 is 5.97 Å². The number of nitrogens with one attached hydrogen (secondary N) is 1. The number of carbonyl (C=O) groups is 2. The molecule has 2 aromatic heterocycles. The van der Waals surface area contributed by atoms with E-state index in [0.29, 0.717) is 23.3 Å². The quantitative estimate of drug-likeness (QED) is 0.586. The Bertz CT molecular complexity index is 1120. The third kappa shape index (κ3) is 4.90. The van der Waals surface area contributed by atoms with E-state index in [0.717, 1.165) is 17.0 Å². The molecule has 1 N–H and O–H groups in total. The van der Waals surface area contributed by atoms with Gasteiger partial charge in [0.15, 0.2) is 5.65 Å². The summed E-state index contributed by atoms with van der Waals surface area (Å²) < 4.78 is 20.1. The molecule has 0 radical (unpaired) electrons. The highest BCUT2D eigenvalue weighted by atomic mass is 19.1. The minimum atomic E-state index is -0.680. The van der Waals surface area contributed by atoms with Gasteiger partial charge in [0.1, 0.15) is 11.9 Å². The predicted molar refractivity (Wildman–Crippen MR) is 115 cm³/mol. The molecule has 0 aliphatic carbocycles. The topological polar surface area (TPSA) is 85.6 Å². The van der Waals surface area contributed by atoms with Crippen LogP contribution < -0.4 is 5.32 Å². The number of fused-ring (bicyclic) bond motifs is 1. The van der Waals surface area contributed by atoms with Crippen LogP contribution in [0.15, 0.2) is 30.3 Å². The summed E-state index contributed by atoms with van der Waals surface area (Å²) >= 11 is 0. The molecule has 8 heteroatoms. The highest BCUT2D eigenvalue weighted by molar-refractivity contribution is 5.84. The molecule has 1 aromatic carbocycles. The van der Waals surface area contributed by atoms with Gasteiger partial charge in [-0.25, -0.2) is 18.7 Å². The second-order valence-corrected chi connectivity index (χ2v) is 7.88. The van der Waals surface area contributed by atoms with E-state index in [-0.39, 0.29) is 24.1 Å². The van der Waals surface area contributed by atoms with E-state index in [1.165, 1.54) is 19.2 Å². The van der Waals surface area contributed by atoms with E-state index in [9.17, 15) is 14.0 Å². The zero-order valence-corrected chi connectivity index (χ0v) is 18.4. The minimum absolute atomic E-state index is 0.0804. The largest absolute Gasteiger partial charge is 0.467 e. The van der Waals surface area contributed by atoms with Gasteiger partial charge in [0.2, 0.25) is 5.91 Å². The van der Waals surface area contributed by atoms with E-state index < -0.39 is 12.0 Å². The number of halogens is 1. The first-order valence-corrected chi connectivity index (χ1v) is 10.2. The van der Waals surface area contributed by atoms with E-state index in [1.807, 2.05) is 33.8 Å². The predicted octanol–water partition coefficient (Wildman–Crippen LogP) is 3.40. The maximum Gasteiger partial charge on any atom is 0.328 e. The molecule has 0 aliphatic heterocycles. The van der Waals surface area contributed by atoms with Crippen LogP contribution in [0, 0.1) is 25.6 Å². The molecule has 31 heavy (non-hydrogen) atoms. The molecule has 164 valence electrons. The van der Waals surface area contributed by atoms with E-state index in [2.05, 4.69) is 15.4 Å². The molecule has 7 nitrogen and oxygen atoms in total. The van der Waals surface area contributed by atoms with Crippen molar-refractivity contribution < 1.29 is 18.7 Å². The third-order valence-electron chi connectivity index (χ3n) is 5.32. The summed E-state index contributed by atoms with van der Waals surface area (Å²) in [5.74, 6) is -1.10. The Morgan fingerprint density at radius 3 is 2.61 bits per heavy atom. The Hall–Kier alpha value is -3.29. The lowest BCUT2D eigenvalue weighted by Crippen LogP contribution is -2.45. The second kappa shape index (κ2) is 9.24. The molecule has 0 spiro atoms. The second-order valence-electron chi connectivity index (χ2n) is 7.88.